The fourth-order valence-electron chi connectivity index (χ4n) is 2.69. The van der Waals surface area contributed by atoms with Crippen LogP contribution in [0.4, 0.5) is 0 Å². The summed E-state index contributed by atoms with van der Waals surface area (Å²) < 4.78 is 0.962. The van der Waals surface area contributed by atoms with Gasteiger partial charge in [-0.3, -0.25) is 0 Å². The third-order valence-corrected chi connectivity index (χ3v) is 3.71. The Labute approximate surface area is 121 Å². The van der Waals surface area contributed by atoms with Gasteiger partial charge < -0.3 is 5.21 Å². The number of benzene rings is 3. The molecule has 3 heteroatoms. The Morgan fingerprint density at radius 2 is 1.57 bits per heavy atom. The summed E-state index contributed by atoms with van der Waals surface area (Å²) >= 11 is 0. The Kier molecular flexibility index (Phi) is 2.57. The Bertz CT molecular complexity index is 958. The molecule has 4 aromatic rings. The standard InChI is InChI=1S/C18H12N2O/c21-20-17-11-4-3-10-16(17)19-12-18(20)15-9-5-7-13-6-1-2-8-14(13)15/h1-12H. The van der Waals surface area contributed by atoms with Gasteiger partial charge in [0.05, 0.1) is 5.56 Å². The van der Waals surface area contributed by atoms with E-state index < -0.39 is 0 Å². The van der Waals surface area contributed by atoms with E-state index in [0.29, 0.717) is 16.7 Å². The van der Waals surface area contributed by atoms with E-state index in [1.54, 1.807) is 12.3 Å². The van der Waals surface area contributed by atoms with Gasteiger partial charge in [-0.15, -0.1) is 0 Å². The molecule has 0 N–H and O–H groups in total. The van der Waals surface area contributed by atoms with Gasteiger partial charge in [0, 0.05) is 6.07 Å². The highest BCUT2D eigenvalue weighted by molar-refractivity contribution is 5.95. The summed E-state index contributed by atoms with van der Waals surface area (Å²) in [5, 5.41) is 14.8. The summed E-state index contributed by atoms with van der Waals surface area (Å²) in [6.45, 7) is 0. The summed E-state index contributed by atoms with van der Waals surface area (Å²) in [4.78, 5) is 4.40. The first-order chi connectivity index (χ1) is 10.3. The molecule has 4 rings (SSSR count). The fourth-order valence-corrected chi connectivity index (χ4v) is 2.69. The summed E-state index contributed by atoms with van der Waals surface area (Å²) in [6.07, 6.45) is 1.65. The minimum absolute atomic E-state index is 0.575. The van der Waals surface area contributed by atoms with Gasteiger partial charge in [0.15, 0.2) is 0 Å². The summed E-state index contributed by atoms with van der Waals surface area (Å²) in [6, 6.07) is 21.4. The lowest BCUT2D eigenvalue weighted by Gasteiger charge is -2.09. The first-order valence-corrected chi connectivity index (χ1v) is 6.80. The van der Waals surface area contributed by atoms with E-state index in [0.717, 1.165) is 21.1 Å². The van der Waals surface area contributed by atoms with Crippen LogP contribution in [0.5, 0.6) is 0 Å². The smallest absolute Gasteiger partial charge is 0.243 e. The van der Waals surface area contributed by atoms with Crippen molar-refractivity contribution in [2.24, 2.45) is 0 Å². The highest BCUT2D eigenvalue weighted by Crippen LogP contribution is 2.26. The Morgan fingerprint density at radius 3 is 2.52 bits per heavy atom. The molecule has 100 valence electrons. The number of para-hydroxylation sites is 2. The van der Waals surface area contributed by atoms with Crippen LogP contribution in [-0.2, 0) is 0 Å². The van der Waals surface area contributed by atoms with Gasteiger partial charge in [0.2, 0.25) is 11.2 Å². The quantitative estimate of drug-likeness (QED) is 0.391. The SMILES string of the molecule is [O-][n+]1c(-c2cccc3ccccc23)cnc2ccccc21. The van der Waals surface area contributed by atoms with E-state index in [4.69, 9.17) is 0 Å². The molecular weight excluding hydrogens is 260 g/mol. The van der Waals surface area contributed by atoms with Crippen molar-refractivity contribution in [3.05, 3.63) is 78.1 Å². The van der Waals surface area contributed by atoms with Crippen LogP contribution in [0, 0.1) is 5.21 Å². The fraction of sp³-hybridized carbons (Fsp3) is 0. The molecule has 3 nitrogen and oxygen atoms in total. The second-order valence-corrected chi connectivity index (χ2v) is 4.95. The van der Waals surface area contributed by atoms with Crippen molar-refractivity contribution in [2.45, 2.75) is 0 Å². The Hall–Kier alpha value is -2.94. The monoisotopic (exact) mass is 272 g/mol. The van der Waals surface area contributed by atoms with Crippen LogP contribution < -0.4 is 4.73 Å². The summed E-state index contributed by atoms with van der Waals surface area (Å²) in [7, 11) is 0. The van der Waals surface area contributed by atoms with Crippen molar-refractivity contribution in [3.63, 3.8) is 0 Å². The summed E-state index contributed by atoms with van der Waals surface area (Å²) in [5.41, 5.74) is 2.77. The lowest BCUT2D eigenvalue weighted by Crippen LogP contribution is -2.30. The predicted octanol–water partition coefficient (Wildman–Crippen LogP) is 3.69. The molecule has 1 heterocycles. The Morgan fingerprint density at radius 1 is 0.810 bits per heavy atom. The third-order valence-electron chi connectivity index (χ3n) is 3.71. The number of rotatable bonds is 1. The molecule has 0 unspecified atom stereocenters. The van der Waals surface area contributed by atoms with Gasteiger partial charge in [-0.05, 0) is 22.9 Å². The maximum absolute atomic E-state index is 12.6. The average molecular weight is 272 g/mol. The lowest BCUT2D eigenvalue weighted by molar-refractivity contribution is -0.565. The van der Waals surface area contributed by atoms with Crippen molar-refractivity contribution >= 4 is 21.8 Å². The second kappa shape index (κ2) is 4.56. The molecule has 0 atom stereocenters. The first kappa shape index (κ1) is 11.9. The number of fused-ring (bicyclic) bond motifs is 2. The van der Waals surface area contributed by atoms with Crippen molar-refractivity contribution in [3.8, 4) is 11.3 Å². The molecule has 0 spiro atoms. The second-order valence-electron chi connectivity index (χ2n) is 4.95. The van der Waals surface area contributed by atoms with E-state index in [1.165, 1.54) is 0 Å². The van der Waals surface area contributed by atoms with Crippen LogP contribution in [0.2, 0.25) is 0 Å². The van der Waals surface area contributed by atoms with Gasteiger partial charge in [0.25, 0.3) is 0 Å². The molecule has 0 bridgehead atoms. The molecule has 0 saturated carbocycles. The van der Waals surface area contributed by atoms with Crippen molar-refractivity contribution in [2.75, 3.05) is 0 Å². The van der Waals surface area contributed by atoms with E-state index >= 15 is 0 Å². The van der Waals surface area contributed by atoms with Crippen LogP contribution >= 0.6 is 0 Å². The third kappa shape index (κ3) is 1.82. The zero-order chi connectivity index (χ0) is 14.2. The zero-order valence-electron chi connectivity index (χ0n) is 11.2. The van der Waals surface area contributed by atoms with Crippen LogP contribution in [-0.4, -0.2) is 4.98 Å². The normalized spacial score (nSPS) is 11.0. The predicted molar refractivity (Wildman–Crippen MR) is 83.6 cm³/mol. The molecule has 0 amide bonds. The van der Waals surface area contributed by atoms with E-state index in [9.17, 15) is 5.21 Å². The van der Waals surface area contributed by atoms with Gasteiger partial charge >= 0.3 is 0 Å². The minimum atomic E-state index is 0.575. The maximum Gasteiger partial charge on any atom is 0.243 e. The van der Waals surface area contributed by atoms with Crippen LogP contribution in [0.3, 0.4) is 0 Å². The highest BCUT2D eigenvalue weighted by atomic mass is 16.5. The molecule has 0 saturated heterocycles. The lowest BCUT2D eigenvalue weighted by atomic mass is 10.0. The van der Waals surface area contributed by atoms with E-state index in [1.807, 2.05) is 60.7 Å². The molecule has 21 heavy (non-hydrogen) atoms. The van der Waals surface area contributed by atoms with Crippen molar-refractivity contribution < 1.29 is 4.73 Å². The molecule has 0 aliphatic rings. The average Bonchev–Trinajstić information content (AvgIpc) is 2.55. The molecular formula is C18H12N2O. The van der Waals surface area contributed by atoms with Crippen molar-refractivity contribution in [1.82, 2.24) is 4.98 Å². The number of nitrogens with zero attached hydrogens (tertiary/aromatic N) is 2. The van der Waals surface area contributed by atoms with Gasteiger partial charge in [0.1, 0.15) is 11.7 Å². The van der Waals surface area contributed by atoms with Crippen molar-refractivity contribution in [1.29, 1.82) is 0 Å². The zero-order valence-corrected chi connectivity index (χ0v) is 11.2. The van der Waals surface area contributed by atoms with Crippen LogP contribution in [0.25, 0.3) is 33.1 Å². The van der Waals surface area contributed by atoms with Crippen LogP contribution in [0.1, 0.15) is 0 Å². The maximum atomic E-state index is 12.6. The van der Waals surface area contributed by atoms with E-state index in [2.05, 4.69) is 4.98 Å². The van der Waals surface area contributed by atoms with Gasteiger partial charge in [-0.25, -0.2) is 4.98 Å². The van der Waals surface area contributed by atoms with Crippen LogP contribution in [0.15, 0.2) is 72.9 Å². The molecule has 0 aliphatic carbocycles. The largest absolute Gasteiger partial charge is 0.618 e. The topological polar surface area (TPSA) is 39.8 Å². The molecule has 0 fully saturated rings. The molecule has 0 radical (unpaired) electrons. The minimum Gasteiger partial charge on any atom is -0.618 e. The Balaban J connectivity index is 2.07. The van der Waals surface area contributed by atoms with E-state index in [-0.39, 0.29) is 0 Å². The molecule has 0 aliphatic heterocycles. The summed E-state index contributed by atoms with van der Waals surface area (Å²) in [5.74, 6) is 0. The van der Waals surface area contributed by atoms with Gasteiger partial charge in [-0.1, -0.05) is 48.5 Å². The molecule has 1 aromatic heterocycles. The first-order valence-electron chi connectivity index (χ1n) is 6.80. The number of hydrogen-bond acceptors (Lipinski definition) is 2. The number of hydrogen-bond donors (Lipinski definition) is 0. The van der Waals surface area contributed by atoms with Gasteiger partial charge in [-0.2, -0.15) is 4.73 Å². The highest BCUT2D eigenvalue weighted by Gasteiger charge is 2.15. The molecule has 3 aromatic carbocycles. The number of aromatic nitrogens is 2.